The van der Waals surface area contributed by atoms with E-state index in [0.717, 1.165) is 5.69 Å². The largest absolute Gasteiger partial charge is 0.478 e. The maximum Gasteiger partial charge on any atom is 0.335 e. The Hall–Kier alpha value is -2.21. The number of anilines is 1. The minimum atomic E-state index is -0.995. The normalized spacial score (nSPS) is 11.2. The van der Waals surface area contributed by atoms with Crippen LogP contribution in [0.1, 0.15) is 46.5 Å². The van der Waals surface area contributed by atoms with E-state index in [1.54, 1.807) is 17.6 Å². The molecule has 0 saturated carbocycles. The average Bonchev–Trinajstić information content (AvgIpc) is 2.88. The summed E-state index contributed by atoms with van der Waals surface area (Å²) < 4.78 is 0. The van der Waals surface area contributed by atoms with Gasteiger partial charge in [-0.3, -0.25) is 4.79 Å². The van der Waals surface area contributed by atoms with Gasteiger partial charge in [0.25, 0.3) is 5.91 Å². The van der Waals surface area contributed by atoms with Gasteiger partial charge in [0.05, 0.1) is 16.8 Å². The Morgan fingerprint density at radius 1 is 1.19 bits per heavy atom. The third kappa shape index (κ3) is 3.46. The number of hydrogen-bond acceptors (Lipinski definition) is 4. The van der Waals surface area contributed by atoms with Crippen LogP contribution < -0.4 is 5.32 Å². The van der Waals surface area contributed by atoms with Crippen LogP contribution in [-0.2, 0) is 5.41 Å². The summed E-state index contributed by atoms with van der Waals surface area (Å²) in [4.78, 5) is 27.9. The molecule has 0 atom stereocenters. The highest BCUT2D eigenvalue weighted by atomic mass is 32.1. The topological polar surface area (TPSA) is 79.3 Å². The van der Waals surface area contributed by atoms with Crippen LogP contribution in [0.2, 0.25) is 0 Å². The smallest absolute Gasteiger partial charge is 0.335 e. The van der Waals surface area contributed by atoms with E-state index in [-0.39, 0.29) is 16.9 Å². The molecular weight excluding hydrogens is 288 g/mol. The number of benzene rings is 1. The highest BCUT2D eigenvalue weighted by molar-refractivity contribution is 7.12. The molecule has 110 valence electrons. The standard InChI is InChI=1S/C15H16N2O3S/c1-15(2,3)12-11(21-8-16-12)13(18)17-10-6-4-9(5-7-10)14(19)20/h4-8H,1-3H3,(H,17,18)(H,19,20). The first kappa shape index (κ1) is 15.2. The van der Waals surface area contributed by atoms with Crippen molar-refractivity contribution in [3.8, 4) is 0 Å². The van der Waals surface area contributed by atoms with Gasteiger partial charge in [0.2, 0.25) is 0 Å². The first-order chi connectivity index (χ1) is 9.79. The van der Waals surface area contributed by atoms with Crippen molar-refractivity contribution >= 4 is 28.9 Å². The molecule has 0 fully saturated rings. The van der Waals surface area contributed by atoms with Crippen LogP contribution in [0.15, 0.2) is 29.8 Å². The molecule has 5 nitrogen and oxygen atoms in total. The molecule has 1 amide bonds. The van der Waals surface area contributed by atoms with Crippen molar-refractivity contribution in [2.75, 3.05) is 5.32 Å². The van der Waals surface area contributed by atoms with Gasteiger partial charge in [0.1, 0.15) is 4.88 Å². The quantitative estimate of drug-likeness (QED) is 0.911. The number of carboxylic acid groups (broad SMARTS) is 1. The summed E-state index contributed by atoms with van der Waals surface area (Å²) in [6.45, 7) is 6.00. The molecule has 0 unspecified atom stereocenters. The molecule has 2 aromatic rings. The molecule has 21 heavy (non-hydrogen) atoms. The fraction of sp³-hybridized carbons (Fsp3) is 0.267. The molecule has 1 heterocycles. The lowest BCUT2D eigenvalue weighted by atomic mass is 9.91. The highest BCUT2D eigenvalue weighted by Crippen LogP contribution is 2.27. The summed E-state index contributed by atoms with van der Waals surface area (Å²) in [5, 5.41) is 11.6. The molecule has 0 aliphatic heterocycles. The van der Waals surface area contributed by atoms with Crippen molar-refractivity contribution < 1.29 is 14.7 Å². The summed E-state index contributed by atoms with van der Waals surface area (Å²) in [7, 11) is 0. The summed E-state index contributed by atoms with van der Waals surface area (Å²) in [6, 6.07) is 6.04. The van der Waals surface area contributed by atoms with Gasteiger partial charge in [-0.2, -0.15) is 0 Å². The van der Waals surface area contributed by atoms with Crippen LogP contribution in [-0.4, -0.2) is 22.0 Å². The summed E-state index contributed by atoms with van der Waals surface area (Å²) in [5.41, 5.74) is 2.94. The van der Waals surface area contributed by atoms with Gasteiger partial charge in [-0.25, -0.2) is 9.78 Å². The Balaban J connectivity index is 2.19. The predicted molar refractivity (Wildman–Crippen MR) is 82.2 cm³/mol. The molecule has 0 spiro atoms. The second-order valence-corrected chi connectivity index (χ2v) is 6.47. The van der Waals surface area contributed by atoms with E-state index < -0.39 is 5.97 Å². The lowest BCUT2D eigenvalue weighted by Gasteiger charge is -2.17. The zero-order valence-electron chi connectivity index (χ0n) is 12.0. The van der Waals surface area contributed by atoms with E-state index in [2.05, 4.69) is 10.3 Å². The molecule has 0 aliphatic rings. The van der Waals surface area contributed by atoms with Crippen molar-refractivity contribution in [1.82, 2.24) is 4.98 Å². The van der Waals surface area contributed by atoms with E-state index in [4.69, 9.17) is 5.11 Å². The number of hydrogen-bond donors (Lipinski definition) is 2. The Morgan fingerprint density at radius 2 is 1.81 bits per heavy atom. The van der Waals surface area contributed by atoms with Crippen molar-refractivity contribution in [2.45, 2.75) is 26.2 Å². The minimum absolute atomic E-state index is 0.182. The van der Waals surface area contributed by atoms with Crippen molar-refractivity contribution in [2.24, 2.45) is 0 Å². The minimum Gasteiger partial charge on any atom is -0.478 e. The number of carbonyl (C=O) groups is 2. The number of carbonyl (C=O) groups excluding carboxylic acids is 1. The SMILES string of the molecule is CC(C)(C)c1ncsc1C(=O)Nc1ccc(C(=O)O)cc1. The lowest BCUT2D eigenvalue weighted by Crippen LogP contribution is -2.19. The number of aromatic nitrogens is 1. The number of aromatic carboxylic acids is 1. The van der Waals surface area contributed by atoms with Crippen LogP contribution in [0, 0.1) is 0 Å². The van der Waals surface area contributed by atoms with Crippen LogP contribution in [0.25, 0.3) is 0 Å². The second kappa shape index (κ2) is 5.65. The number of carboxylic acids is 1. The first-order valence-electron chi connectivity index (χ1n) is 6.37. The second-order valence-electron chi connectivity index (χ2n) is 5.62. The molecule has 0 radical (unpaired) electrons. The molecule has 0 bridgehead atoms. The molecule has 1 aromatic heterocycles. The average molecular weight is 304 g/mol. The molecule has 2 rings (SSSR count). The Bertz CT molecular complexity index is 669. The summed E-state index contributed by atoms with van der Waals surface area (Å²) in [6.07, 6.45) is 0. The molecule has 2 N–H and O–H groups in total. The Kier molecular flexibility index (Phi) is 4.09. The van der Waals surface area contributed by atoms with Crippen molar-refractivity contribution in [3.05, 3.63) is 45.9 Å². The third-order valence-corrected chi connectivity index (χ3v) is 3.70. The van der Waals surface area contributed by atoms with Gasteiger partial charge in [0.15, 0.2) is 0 Å². The number of rotatable bonds is 3. The molecule has 0 aliphatic carbocycles. The van der Waals surface area contributed by atoms with Crippen LogP contribution >= 0.6 is 11.3 Å². The van der Waals surface area contributed by atoms with Crippen LogP contribution in [0.4, 0.5) is 5.69 Å². The number of amides is 1. The van der Waals surface area contributed by atoms with E-state index >= 15 is 0 Å². The van der Waals surface area contributed by atoms with Gasteiger partial charge in [0, 0.05) is 11.1 Å². The van der Waals surface area contributed by atoms with Crippen LogP contribution in [0.3, 0.4) is 0 Å². The number of nitrogens with one attached hydrogen (secondary N) is 1. The zero-order chi connectivity index (χ0) is 15.6. The van der Waals surface area contributed by atoms with Gasteiger partial charge in [-0.1, -0.05) is 20.8 Å². The molecular formula is C15H16N2O3S. The molecule has 1 aromatic carbocycles. The van der Waals surface area contributed by atoms with Gasteiger partial charge >= 0.3 is 5.97 Å². The monoisotopic (exact) mass is 304 g/mol. The van der Waals surface area contributed by atoms with E-state index in [1.165, 1.54) is 23.5 Å². The lowest BCUT2D eigenvalue weighted by molar-refractivity contribution is 0.0696. The van der Waals surface area contributed by atoms with E-state index in [0.29, 0.717) is 10.6 Å². The Labute approximate surface area is 126 Å². The van der Waals surface area contributed by atoms with Crippen molar-refractivity contribution in [1.29, 1.82) is 0 Å². The van der Waals surface area contributed by atoms with Crippen molar-refractivity contribution in [3.63, 3.8) is 0 Å². The van der Waals surface area contributed by atoms with Gasteiger partial charge < -0.3 is 10.4 Å². The maximum absolute atomic E-state index is 12.3. The third-order valence-electron chi connectivity index (χ3n) is 2.87. The predicted octanol–water partition coefficient (Wildman–Crippen LogP) is 3.39. The number of nitrogens with zero attached hydrogens (tertiary/aromatic N) is 1. The van der Waals surface area contributed by atoms with Gasteiger partial charge in [-0.05, 0) is 24.3 Å². The fourth-order valence-corrected chi connectivity index (χ4v) is 2.72. The van der Waals surface area contributed by atoms with Crippen LogP contribution in [0.5, 0.6) is 0 Å². The fourth-order valence-electron chi connectivity index (χ4n) is 1.83. The maximum atomic E-state index is 12.3. The summed E-state index contributed by atoms with van der Waals surface area (Å²) in [5.74, 6) is -1.23. The van der Waals surface area contributed by atoms with Gasteiger partial charge in [-0.15, -0.1) is 11.3 Å². The summed E-state index contributed by atoms with van der Waals surface area (Å²) >= 11 is 1.29. The molecule has 6 heteroatoms. The highest BCUT2D eigenvalue weighted by Gasteiger charge is 2.24. The zero-order valence-corrected chi connectivity index (χ0v) is 12.8. The number of thiazole rings is 1. The Morgan fingerprint density at radius 3 is 2.33 bits per heavy atom. The molecule has 0 saturated heterocycles. The van der Waals surface area contributed by atoms with E-state index in [9.17, 15) is 9.59 Å². The van der Waals surface area contributed by atoms with E-state index in [1.807, 2.05) is 20.8 Å². The first-order valence-corrected chi connectivity index (χ1v) is 7.25.